The molecule has 1 atom stereocenters. The van der Waals surface area contributed by atoms with E-state index in [1.807, 2.05) is 24.3 Å². The fourth-order valence-electron chi connectivity index (χ4n) is 3.82. The molecule has 0 spiro atoms. The number of hydrogen-bond acceptors (Lipinski definition) is 4. The molecule has 0 radical (unpaired) electrons. The van der Waals surface area contributed by atoms with Crippen LogP contribution in [-0.2, 0) is 16.4 Å². The normalized spacial score (nSPS) is 22.7. The highest BCUT2D eigenvalue weighted by atomic mass is 32.2. The zero-order valence-electron chi connectivity index (χ0n) is 15.3. The lowest BCUT2D eigenvalue weighted by atomic mass is 9.96. The van der Waals surface area contributed by atoms with Gasteiger partial charge >= 0.3 is 0 Å². The summed E-state index contributed by atoms with van der Waals surface area (Å²) < 4.78 is 29.2. The van der Waals surface area contributed by atoms with Crippen molar-refractivity contribution < 1.29 is 13.2 Å². The Morgan fingerprint density at radius 1 is 1.19 bits per heavy atom. The molecule has 26 heavy (non-hydrogen) atoms. The van der Waals surface area contributed by atoms with Crippen molar-refractivity contribution in [1.29, 1.82) is 0 Å². The lowest BCUT2D eigenvalue weighted by Crippen LogP contribution is -2.49. The topological polar surface area (TPSA) is 58.6 Å². The van der Waals surface area contributed by atoms with Gasteiger partial charge in [-0.3, -0.25) is 0 Å². The van der Waals surface area contributed by atoms with E-state index in [1.54, 1.807) is 7.11 Å². The van der Waals surface area contributed by atoms with Crippen molar-refractivity contribution in [2.24, 2.45) is 0 Å². The molecule has 1 heterocycles. The molecule has 3 rings (SSSR count). The molecule has 2 aliphatic rings. The highest BCUT2D eigenvalue weighted by Gasteiger charge is 2.34. The van der Waals surface area contributed by atoms with E-state index in [1.165, 1.54) is 19.3 Å². The molecule has 7 heteroatoms. The molecule has 0 unspecified atom stereocenters. The van der Waals surface area contributed by atoms with Crippen LogP contribution < -0.4 is 10.1 Å². The number of methoxy groups -OCH3 is 1. The molecule has 5 nitrogen and oxygen atoms in total. The number of nitrogens with one attached hydrogen (secondary N) is 1. The fraction of sp³-hybridized carbons (Fsp3) is 0.632. The molecule has 1 aromatic rings. The number of sulfone groups is 1. The second-order valence-electron chi connectivity index (χ2n) is 7.32. The molecular formula is C19H28N2O3S2. The highest BCUT2D eigenvalue weighted by Crippen LogP contribution is 2.23. The first kappa shape index (κ1) is 19.4. The van der Waals surface area contributed by atoms with Crippen molar-refractivity contribution in [3.05, 3.63) is 29.8 Å². The van der Waals surface area contributed by atoms with Crippen LogP contribution in [0.3, 0.4) is 0 Å². The van der Waals surface area contributed by atoms with Gasteiger partial charge < -0.3 is 15.0 Å². The van der Waals surface area contributed by atoms with E-state index < -0.39 is 9.84 Å². The van der Waals surface area contributed by atoms with Crippen molar-refractivity contribution in [3.8, 4) is 5.75 Å². The first-order chi connectivity index (χ1) is 12.5. The zero-order chi connectivity index (χ0) is 18.6. The Hall–Kier alpha value is -1.34. The predicted octanol–water partition coefficient (Wildman–Crippen LogP) is 2.89. The van der Waals surface area contributed by atoms with E-state index in [9.17, 15) is 8.42 Å². The average Bonchev–Trinajstić information content (AvgIpc) is 3.00. The summed E-state index contributed by atoms with van der Waals surface area (Å²) in [5.41, 5.74) is 1.10. The summed E-state index contributed by atoms with van der Waals surface area (Å²) in [5, 5.41) is 4.19. The number of nitrogens with zero attached hydrogens (tertiary/aromatic N) is 1. The Morgan fingerprint density at radius 2 is 1.88 bits per heavy atom. The summed E-state index contributed by atoms with van der Waals surface area (Å²) in [4.78, 5) is 2.08. The number of ether oxygens (including phenoxy) is 1. The number of hydrogen-bond donors (Lipinski definition) is 1. The third kappa shape index (κ3) is 5.10. The Bertz CT molecular complexity index is 713. The van der Waals surface area contributed by atoms with Gasteiger partial charge in [-0.05, 0) is 49.2 Å². The van der Waals surface area contributed by atoms with Gasteiger partial charge in [0, 0.05) is 18.6 Å². The maximum Gasteiger partial charge on any atom is 0.169 e. The Labute approximate surface area is 162 Å². The van der Waals surface area contributed by atoms with Crippen molar-refractivity contribution in [2.75, 3.05) is 18.6 Å². The van der Waals surface area contributed by atoms with Crippen LogP contribution in [0.2, 0.25) is 0 Å². The monoisotopic (exact) mass is 396 g/mol. The molecule has 2 fully saturated rings. The molecule has 0 bridgehead atoms. The van der Waals surface area contributed by atoms with Gasteiger partial charge in [-0.1, -0.05) is 31.4 Å². The van der Waals surface area contributed by atoms with Gasteiger partial charge in [-0.25, -0.2) is 8.42 Å². The van der Waals surface area contributed by atoms with Crippen LogP contribution in [0.15, 0.2) is 24.3 Å². The van der Waals surface area contributed by atoms with Crippen molar-refractivity contribution in [2.45, 2.75) is 57.2 Å². The van der Waals surface area contributed by atoms with Gasteiger partial charge in [0.2, 0.25) is 0 Å². The third-order valence-electron chi connectivity index (χ3n) is 5.35. The summed E-state index contributed by atoms with van der Waals surface area (Å²) in [6.07, 6.45) is 6.68. The third-order valence-corrected chi connectivity index (χ3v) is 7.46. The number of benzene rings is 1. The second kappa shape index (κ2) is 8.57. The maximum atomic E-state index is 12.0. The Balaban J connectivity index is 1.73. The van der Waals surface area contributed by atoms with Gasteiger partial charge in [0.15, 0.2) is 14.9 Å². The second-order valence-corrected chi connectivity index (χ2v) is 9.93. The largest absolute Gasteiger partial charge is 0.497 e. The van der Waals surface area contributed by atoms with E-state index >= 15 is 0 Å². The van der Waals surface area contributed by atoms with Crippen LogP contribution in [0.25, 0.3) is 0 Å². The van der Waals surface area contributed by atoms with Gasteiger partial charge in [0.1, 0.15) is 5.75 Å². The lowest BCUT2D eigenvalue weighted by Gasteiger charge is -2.34. The average molecular weight is 397 g/mol. The van der Waals surface area contributed by atoms with Crippen molar-refractivity contribution in [3.63, 3.8) is 0 Å². The number of thiocarbonyl (C=S) groups is 1. The predicted molar refractivity (Wildman–Crippen MR) is 108 cm³/mol. The van der Waals surface area contributed by atoms with Crippen LogP contribution in [0.5, 0.6) is 5.75 Å². The van der Waals surface area contributed by atoms with Crippen LogP contribution >= 0.6 is 12.2 Å². The van der Waals surface area contributed by atoms with Crippen LogP contribution in [-0.4, -0.2) is 49.1 Å². The van der Waals surface area contributed by atoms with Crippen LogP contribution in [0, 0.1) is 0 Å². The van der Waals surface area contributed by atoms with Crippen molar-refractivity contribution >= 4 is 27.2 Å². The van der Waals surface area contributed by atoms with Gasteiger partial charge in [0.05, 0.1) is 18.6 Å². The summed E-state index contributed by atoms with van der Waals surface area (Å²) >= 11 is 5.71. The van der Waals surface area contributed by atoms with Gasteiger partial charge in [0.25, 0.3) is 0 Å². The molecule has 1 saturated heterocycles. The molecule has 1 aliphatic carbocycles. The van der Waals surface area contributed by atoms with E-state index in [-0.39, 0.29) is 17.5 Å². The summed E-state index contributed by atoms with van der Waals surface area (Å²) in [6, 6.07) is 8.24. The van der Waals surface area contributed by atoms with E-state index in [0.717, 1.165) is 24.2 Å². The van der Waals surface area contributed by atoms with Crippen LogP contribution in [0.4, 0.5) is 0 Å². The van der Waals surface area contributed by atoms with Crippen LogP contribution in [0.1, 0.15) is 44.1 Å². The molecule has 1 saturated carbocycles. The molecule has 1 N–H and O–H groups in total. The summed E-state index contributed by atoms with van der Waals surface area (Å²) in [7, 11) is -1.31. The minimum atomic E-state index is -2.96. The molecule has 0 aromatic heterocycles. The zero-order valence-corrected chi connectivity index (χ0v) is 16.9. The SMILES string of the molecule is COc1ccc(CN(C(=S)NC2CCCCC2)[C@@H]2CCS(=O)(=O)C2)cc1. The maximum absolute atomic E-state index is 12.0. The standard InChI is InChI=1S/C19H28N2O3S2/c1-24-18-9-7-15(8-10-18)13-21(17-11-12-26(22,23)14-17)19(25)20-16-5-3-2-4-6-16/h7-10,16-17H,2-6,11-14H2,1H3,(H,20,25)/t17-/m1/s1. The van der Waals surface area contributed by atoms with Crippen molar-refractivity contribution in [1.82, 2.24) is 10.2 Å². The van der Waals surface area contributed by atoms with E-state index in [0.29, 0.717) is 24.1 Å². The Kier molecular flexibility index (Phi) is 6.40. The fourth-order valence-corrected chi connectivity index (χ4v) is 5.93. The molecule has 1 aliphatic heterocycles. The first-order valence-electron chi connectivity index (χ1n) is 9.37. The Morgan fingerprint density at radius 3 is 2.46 bits per heavy atom. The van der Waals surface area contributed by atoms with Gasteiger partial charge in [-0.2, -0.15) is 0 Å². The minimum absolute atomic E-state index is 0.0503. The molecular weight excluding hydrogens is 368 g/mol. The van der Waals surface area contributed by atoms with E-state index in [4.69, 9.17) is 17.0 Å². The first-order valence-corrected chi connectivity index (χ1v) is 11.6. The molecule has 1 aromatic carbocycles. The lowest BCUT2D eigenvalue weighted by molar-refractivity contribution is 0.309. The summed E-state index contributed by atoms with van der Waals surface area (Å²) in [5.74, 6) is 1.25. The quantitative estimate of drug-likeness (QED) is 0.773. The number of rotatable bonds is 5. The molecule has 144 valence electrons. The van der Waals surface area contributed by atoms with Gasteiger partial charge in [-0.15, -0.1) is 0 Å². The minimum Gasteiger partial charge on any atom is -0.497 e. The highest BCUT2D eigenvalue weighted by molar-refractivity contribution is 7.91. The summed E-state index contributed by atoms with van der Waals surface area (Å²) in [6.45, 7) is 0.614. The van der Waals surface area contributed by atoms with E-state index in [2.05, 4.69) is 10.2 Å². The molecule has 0 amide bonds. The smallest absolute Gasteiger partial charge is 0.169 e.